The third kappa shape index (κ3) is 5.68. The average molecular weight is 317 g/mol. The van der Waals surface area contributed by atoms with E-state index in [1.54, 1.807) is 6.92 Å². The van der Waals surface area contributed by atoms with Crippen molar-refractivity contribution in [2.45, 2.75) is 20.8 Å². The predicted molar refractivity (Wildman–Crippen MR) is 83.8 cm³/mol. The maximum atomic E-state index is 11.5. The molecule has 1 heterocycles. The van der Waals surface area contributed by atoms with Gasteiger partial charge in [-0.15, -0.1) is 0 Å². The van der Waals surface area contributed by atoms with Crippen molar-refractivity contribution in [3.8, 4) is 0 Å². The van der Waals surface area contributed by atoms with Gasteiger partial charge in [0.05, 0.1) is 5.75 Å². The summed E-state index contributed by atoms with van der Waals surface area (Å²) >= 11 is 0. The Bertz CT molecular complexity index is 546. The van der Waals surface area contributed by atoms with Gasteiger partial charge >= 0.3 is 0 Å². The highest BCUT2D eigenvalue weighted by molar-refractivity contribution is 7.89. The number of hydrogen-bond acceptors (Lipinski definition) is 8. The lowest BCUT2D eigenvalue weighted by Gasteiger charge is -2.19. The van der Waals surface area contributed by atoms with Crippen LogP contribution in [0.25, 0.3) is 0 Å². The summed E-state index contributed by atoms with van der Waals surface area (Å²) in [6.45, 7) is 7.75. The van der Waals surface area contributed by atoms with Crippen LogP contribution in [0.4, 0.5) is 17.8 Å². The summed E-state index contributed by atoms with van der Waals surface area (Å²) < 4.78 is 25.5. The van der Waals surface area contributed by atoms with E-state index in [1.165, 1.54) is 0 Å². The van der Waals surface area contributed by atoms with Gasteiger partial charge in [0.15, 0.2) is 0 Å². The van der Waals surface area contributed by atoms with E-state index in [2.05, 4.69) is 25.0 Å². The lowest BCUT2D eigenvalue weighted by molar-refractivity contribution is 0.584. The normalized spacial score (nSPS) is 11.4. The summed E-state index contributed by atoms with van der Waals surface area (Å²) in [5.41, 5.74) is 5.65. The van der Waals surface area contributed by atoms with Gasteiger partial charge in [0.1, 0.15) is 0 Å². The van der Waals surface area contributed by atoms with Crippen molar-refractivity contribution in [2.24, 2.45) is 0 Å². The highest BCUT2D eigenvalue weighted by Crippen LogP contribution is 2.11. The van der Waals surface area contributed by atoms with Gasteiger partial charge < -0.3 is 16.0 Å². The molecular formula is C11H23N7O2S. The summed E-state index contributed by atoms with van der Waals surface area (Å²) in [5.74, 6) is 0.789. The number of nitrogen functional groups attached to an aromatic ring is 1. The summed E-state index contributed by atoms with van der Waals surface area (Å²) in [6, 6.07) is 0. The van der Waals surface area contributed by atoms with E-state index in [-0.39, 0.29) is 24.2 Å². The lowest BCUT2D eigenvalue weighted by atomic mass is 10.5. The molecule has 1 aromatic heterocycles. The van der Waals surface area contributed by atoms with E-state index < -0.39 is 10.0 Å². The van der Waals surface area contributed by atoms with Crippen molar-refractivity contribution in [1.29, 1.82) is 0 Å². The molecule has 0 aromatic carbocycles. The van der Waals surface area contributed by atoms with E-state index in [0.717, 1.165) is 13.1 Å². The highest BCUT2D eigenvalue weighted by atomic mass is 32.2. The minimum Gasteiger partial charge on any atom is -0.368 e. The number of anilines is 3. The van der Waals surface area contributed by atoms with Crippen molar-refractivity contribution in [3.05, 3.63) is 0 Å². The number of nitrogens with zero attached hydrogens (tertiary/aromatic N) is 4. The summed E-state index contributed by atoms with van der Waals surface area (Å²) in [6.07, 6.45) is 0. The molecule has 0 atom stereocenters. The second-order valence-electron chi connectivity index (χ2n) is 4.23. The molecule has 4 N–H and O–H groups in total. The maximum Gasteiger partial charge on any atom is 0.231 e. The largest absolute Gasteiger partial charge is 0.368 e. The Hall–Kier alpha value is -1.68. The number of aromatic nitrogens is 3. The van der Waals surface area contributed by atoms with Crippen LogP contribution in [-0.2, 0) is 10.0 Å². The smallest absolute Gasteiger partial charge is 0.231 e. The summed E-state index contributed by atoms with van der Waals surface area (Å²) in [5, 5.41) is 2.86. The fourth-order valence-corrected chi connectivity index (χ4v) is 2.65. The molecule has 10 heteroatoms. The Morgan fingerprint density at radius 3 is 2.38 bits per heavy atom. The van der Waals surface area contributed by atoms with Crippen molar-refractivity contribution < 1.29 is 8.42 Å². The molecule has 0 spiro atoms. The van der Waals surface area contributed by atoms with Crippen LogP contribution in [0.3, 0.4) is 0 Å². The van der Waals surface area contributed by atoms with Crippen LogP contribution in [0.5, 0.6) is 0 Å². The summed E-state index contributed by atoms with van der Waals surface area (Å²) in [4.78, 5) is 14.2. The first-order chi connectivity index (χ1) is 9.91. The number of rotatable bonds is 9. The number of nitrogens with one attached hydrogen (secondary N) is 2. The number of nitrogens with two attached hydrogens (primary N) is 1. The molecule has 1 rings (SSSR count). The van der Waals surface area contributed by atoms with E-state index in [1.807, 2.05) is 18.7 Å². The first-order valence-corrected chi connectivity index (χ1v) is 8.54. The number of sulfonamides is 1. The molecule has 0 unspecified atom stereocenters. The molecule has 9 nitrogen and oxygen atoms in total. The third-order valence-electron chi connectivity index (χ3n) is 2.71. The van der Waals surface area contributed by atoms with Gasteiger partial charge in [0.25, 0.3) is 0 Å². The fourth-order valence-electron chi connectivity index (χ4n) is 1.70. The van der Waals surface area contributed by atoms with Gasteiger partial charge in [-0.1, -0.05) is 6.92 Å². The molecule has 0 radical (unpaired) electrons. The van der Waals surface area contributed by atoms with Gasteiger partial charge in [-0.3, -0.25) is 0 Å². The van der Waals surface area contributed by atoms with Crippen LogP contribution in [0.1, 0.15) is 20.8 Å². The molecule has 0 aliphatic rings. The molecule has 0 aliphatic heterocycles. The Labute approximate surface area is 125 Å². The second-order valence-corrected chi connectivity index (χ2v) is 6.16. The van der Waals surface area contributed by atoms with Crippen molar-refractivity contribution in [3.63, 3.8) is 0 Å². The molecule has 0 saturated carbocycles. The first kappa shape index (κ1) is 17.4. The zero-order valence-corrected chi connectivity index (χ0v) is 13.4. The molecule has 0 saturated heterocycles. The van der Waals surface area contributed by atoms with Gasteiger partial charge in [0.2, 0.25) is 27.9 Å². The highest BCUT2D eigenvalue weighted by Gasteiger charge is 2.11. The lowest BCUT2D eigenvalue weighted by Crippen LogP contribution is -2.30. The molecule has 0 bridgehead atoms. The molecule has 120 valence electrons. The Morgan fingerprint density at radius 1 is 1.14 bits per heavy atom. The van der Waals surface area contributed by atoms with Crippen molar-refractivity contribution in [1.82, 2.24) is 19.7 Å². The Balaban J connectivity index is 2.72. The van der Waals surface area contributed by atoms with Gasteiger partial charge in [-0.05, 0) is 13.8 Å². The van der Waals surface area contributed by atoms with E-state index in [0.29, 0.717) is 12.5 Å². The molecule has 21 heavy (non-hydrogen) atoms. The van der Waals surface area contributed by atoms with Crippen LogP contribution in [0.2, 0.25) is 0 Å². The molecule has 0 fully saturated rings. The van der Waals surface area contributed by atoms with Crippen molar-refractivity contribution in [2.75, 3.05) is 47.9 Å². The van der Waals surface area contributed by atoms with Crippen molar-refractivity contribution >= 4 is 27.9 Å². The monoisotopic (exact) mass is 317 g/mol. The van der Waals surface area contributed by atoms with Crippen LogP contribution < -0.4 is 20.7 Å². The Kier molecular flexibility index (Phi) is 6.56. The second kappa shape index (κ2) is 7.93. The average Bonchev–Trinajstić information content (AvgIpc) is 2.39. The first-order valence-electron chi connectivity index (χ1n) is 6.89. The molecular weight excluding hydrogens is 294 g/mol. The minimum absolute atomic E-state index is 0.0625. The minimum atomic E-state index is -3.27. The van der Waals surface area contributed by atoms with Gasteiger partial charge in [0, 0.05) is 26.2 Å². The molecule has 0 aliphatic carbocycles. The third-order valence-corrected chi connectivity index (χ3v) is 4.18. The Morgan fingerprint density at radius 2 is 1.81 bits per heavy atom. The zero-order chi connectivity index (χ0) is 15.9. The van der Waals surface area contributed by atoms with Crippen LogP contribution in [0, 0.1) is 0 Å². The van der Waals surface area contributed by atoms with E-state index >= 15 is 0 Å². The molecule has 1 aromatic rings. The fraction of sp³-hybridized carbons (Fsp3) is 0.727. The maximum absolute atomic E-state index is 11.5. The van der Waals surface area contributed by atoms with E-state index in [4.69, 9.17) is 5.73 Å². The quantitative estimate of drug-likeness (QED) is 0.564. The summed E-state index contributed by atoms with van der Waals surface area (Å²) in [7, 11) is -3.27. The number of hydrogen-bond donors (Lipinski definition) is 3. The van der Waals surface area contributed by atoms with Crippen LogP contribution in [-0.4, -0.2) is 55.3 Å². The van der Waals surface area contributed by atoms with Crippen LogP contribution in [0.15, 0.2) is 0 Å². The standard InChI is InChI=1S/C11H23N7O2S/c1-4-14-21(19,20)8-7-13-10-15-9(12)16-11(17-10)18(5-2)6-3/h14H,4-8H2,1-3H3,(H3,12,13,15,16,17). The van der Waals surface area contributed by atoms with Gasteiger partial charge in [-0.25, -0.2) is 13.1 Å². The van der Waals surface area contributed by atoms with E-state index in [9.17, 15) is 8.42 Å². The van der Waals surface area contributed by atoms with Gasteiger partial charge in [-0.2, -0.15) is 15.0 Å². The SMILES string of the molecule is CCNS(=O)(=O)CCNc1nc(N)nc(N(CC)CC)n1. The van der Waals surface area contributed by atoms with Crippen LogP contribution >= 0.6 is 0 Å². The predicted octanol–water partition coefficient (Wildman–Crippen LogP) is -0.349. The topological polar surface area (TPSA) is 126 Å². The zero-order valence-electron chi connectivity index (χ0n) is 12.6. The molecule has 0 amide bonds.